The molecule has 0 amide bonds. The molecule has 0 aliphatic heterocycles. The topological polar surface area (TPSA) is 24.9 Å². The quantitative estimate of drug-likeness (QED) is 0.776. The molecule has 3 aromatic rings. The number of thiophene rings is 1. The van der Waals surface area contributed by atoms with Crippen LogP contribution >= 0.6 is 11.3 Å². The van der Waals surface area contributed by atoms with Crippen LogP contribution in [0.5, 0.6) is 0 Å². The van der Waals surface area contributed by atoms with Gasteiger partial charge < -0.3 is 5.32 Å². The first kappa shape index (κ1) is 12.3. The Balaban J connectivity index is 1.80. The molecule has 3 rings (SSSR count). The van der Waals surface area contributed by atoms with Gasteiger partial charge in [0.15, 0.2) is 0 Å². The molecule has 2 aromatic heterocycles. The van der Waals surface area contributed by atoms with Gasteiger partial charge in [0.1, 0.15) is 0 Å². The number of nitrogens with zero attached hydrogens (tertiary/aromatic N) is 1. The predicted molar refractivity (Wildman–Crippen MR) is 81.3 cm³/mol. The lowest BCUT2D eigenvalue weighted by Gasteiger charge is -2.08. The highest BCUT2D eigenvalue weighted by Crippen LogP contribution is 2.18. The van der Waals surface area contributed by atoms with Crippen molar-refractivity contribution in [1.29, 1.82) is 0 Å². The predicted octanol–water partition coefficient (Wildman–Crippen LogP) is 3.89. The second kappa shape index (κ2) is 5.51. The zero-order valence-electron chi connectivity index (χ0n) is 10.9. The first-order valence-electron chi connectivity index (χ1n) is 6.41. The number of aromatic nitrogens is 1. The fourth-order valence-corrected chi connectivity index (χ4v) is 2.95. The average Bonchev–Trinajstić information content (AvgIpc) is 2.91. The van der Waals surface area contributed by atoms with Crippen LogP contribution in [-0.4, -0.2) is 4.98 Å². The highest BCUT2D eigenvalue weighted by Gasteiger charge is 2.03. The van der Waals surface area contributed by atoms with Crippen LogP contribution in [0, 0.1) is 6.92 Å². The molecule has 19 heavy (non-hydrogen) atoms. The van der Waals surface area contributed by atoms with E-state index in [9.17, 15) is 0 Å². The van der Waals surface area contributed by atoms with Crippen LogP contribution in [0.4, 0.5) is 0 Å². The summed E-state index contributed by atoms with van der Waals surface area (Å²) < 4.78 is 0. The fraction of sp³-hybridized carbons (Fsp3) is 0.188. The van der Waals surface area contributed by atoms with E-state index >= 15 is 0 Å². The molecule has 3 heteroatoms. The Morgan fingerprint density at radius 1 is 1.11 bits per heavy atom. The zero-order valence-corrected chi connectivity index (χ0v) is 11.7. The molecule has 96 valence electrons. The molecular formula is C16H16N2S. The van der Waals surface area contributed by atoms with Gasteiger partial charge >= 0.3 is 0 Å². The standard InChI is InChI=1S/C16H16N2S/c1-12-9-13(10-17-11-14-5-4-8-19-14)15-6-2-3-7-16(15)18-12/h2-9,17H,10-11H2,1H3. The second-order valence-corrected chi connectivity index (χ2v) is 5.66. The van der Waals surface area contributed by atoms with Crippen molar-refractivity contribution in [3.05, 3.63) is 64.0 Å². The third-order valence-electron chi connectivity index (χ3n) is 3.12. The number of aryl methyl sites for hydroxylation is 1. The minimum Gasteiger partial charge on any atom is -0.308 e. The van der Waals surface area contributed by atoms with E-state index in [1.807, 2.05) is 6.07 Å². The zero-order chi connectivity index (χ0) is 13.1. The summed E-state index contributed by atoms with van der Waals surface area (Å²) in [5, 5.41) is 6.86. The molecular weight excluding hydrogens is 252 g/mol. The molecule has 2 heterocycles. The molecule has 0 bridgehead atoms. The SMILES string of the molecule is Cc1cc(CNCc2cccs2)c2ccccc2n1. The van der Waals surface area contributed by atoms with Gasteiger partial charge in [-0.3, -0.25) is 4.98 Å². The summed E-state index contributed by atoms with van der Waals surface area (Å²) in [5.41, 5.74) is 3.47. The summed E-state index contributed by atoms with van der Waals surface area (Å²) in [4.78, 5) is 5.94. The molecule has 0 saturated carbocycles. The van der Waals surface area contributed by atoms with Crippen LogP contribution in [0.2, 0.25) is 0 Å². The molecule has 1 N–H and O–H groups in total. The lowest BCUT2D eigenvalue weighted by molar-refractivity contribution is 0.703. The number of benzene rings is 1. The van der Waals surface area contributed by atoms with Gasteiger partial charge in [0.05, 0.1) is 5.52 Å². The molecule has 0 saturated heterocycles. The molecule has 0 atom stereocenters. The number of pyridine rings is 1. The van der Waals surface area contributed by atoms with E-state index in [4.69, 9.17) is 0 Å². The fourth-order valence-electron chi connectivity index (χ4n) is 2.27. The number of nitrogens with one attached hydrogen (secondary N) is 1. The molecule has 0 aliphatic carbocycles. The molecule has 0 radical (unpaired) electrons. The highest BCUT2D eigenvalue weighted by atomic mass is 32.1. The summed E-state index contributed by atoms with van der Waals surface area (Å²) in [6.45, 7) is 3.85. The van der Waals surface area contributed by atoms with Crippen molar-refractivity contribution in [2.24, 2.45) is 0 Å². The van der Waals surface area contributed by atoms with Crippen molar-refractivity contribution in [2.75, 3.05) is 0 Å². The van der Waals surface area contributed by atoms with E-state index in [1.165, 1.54) is 15.8 Å². The minimum atomic E-state index is 0.877. The lowest BCUT2D eigenvalue weighted by atomic mass is 10.1. The Hall–Kier alpha value is -1.71. The minimum absolute atomic E-state index is 0.877. The summed E-state index contributed by atoms with van der Waals surface area (Å²) in [6.07, 6.45) is 0. The number of para-hydroxylation sites is 1. The van der Waals surface area contributed by atoms with Crippen LogP contribution < -0.4 is 5.32 Å². The summed E-state index contributed by atoms with van der Waals surface area (Å²) in [7, 11) is 0. The smallest absolute Gasteiger partial charge is 0.0708 e. The van der Waals surface area contributed by atoms with Crippen molar-refractivity contribution >= 4 is 22.2 Å². The van der Waals surface area contributed by atoms with Crippen LogP contribution in [0.25, 0.3) is 10.9 Å². The summed E-state index contributed by atoms with van der Waals surface area (Å²) in [6, 6.07) is 14.7. The number of hydrogen-bond donors (Lipinski definition) is 1. The Morgan fingerprint density at radius 3 is 2.84 bits per heavy atom. The molecule has 0 spiro atoms. The van der Waals surface area contributed by atoms with Gasteiger partial charge in [0.25, 0.3) is 0 Å². The lowest BCUT2D eigenvalue weighted by Crippen LogP contribution is -2.12. The number of fused-ring (bicyclic) bond motifs is 1. The van der Waals surface area contributed by atoms with Crippen molar-refractivity contribution < 1.29 is 0 Å². The Morgan fingerprint density at radius 2 is 2.00 bits per heavy atom. The van der Waals surface area contributed by atoms with E-state index < -0.39 is 0 Å². The number of rotatable bonds is 4. The third kappa shape index (κ3) is 2.83. The van der Waals surface area contributed by atoms with Crippen LogP contribution in [0.15, 0.2) is 47.8 Å². The van der Waals surface area contributed by atoms with Gasteiger partial charge in [-0.15, -0.1) is 11.3 Å². The Bertz CT molecular complexity index is 674. The maximum Gasteiger partial charge on any atom is 0.0708 e. The van der Waals surface area contributed by atoms with Gasteiger partial charge in [-0.1, -0.05) is 24.3 Å². The molecule has 2 nitrogen and oxygen atoms in total. The molecule has 0 fully saturated rings. The first-order chi connectivity index (χ1) is 9.33. The van der Waals surface area contributed by atoms with Crippen molar-refractivity contribution in [3.8, 4) is 0 Å². The summed E-state index contributed by atoms with van der Waals surface area (Å²) in [5.74, 6) is 0. The van der Waals surface area contributed by atoms with Crippen molar-refractivity contribution in [1.82, 2.24) is 10.3 Å². The van der Waals surface area contributed by atoms with E-state index in [2.05, 4.69) is 59.0 Å². The summed E-state index contributed by atoms with van der Waals surface area (Å²) >= 11 is 1.79. The van der Waals surface area contributed by atoms with Gasteiger partial charge in [0, 0.05) is 29.0 Å². The van der Waals surface area contributed by atoms with Gasteiger partial charge in [-0.05, 0) is 36.1 Å². The Labute approximate surface area is 117 Å². The number of hydrogen-bond acceptors (Lipinski definition) is 3. The average molecular weight is 268 g/mol. The maximum absolute atomic E-state index is 4.57. The Kier molecular flexibility index (Phi) is 3.58. The largest absolute Gasteiger partial charge is 0.308 e. The monoisotopic (exact) mass is 268 g/mol. The van der Waals surface area contributed by atoms with Gasteiger partial charge in [-0.25, -0.2) is 0 Å². The van der Waals surface area contributed by atoms with Crippen LogP contribution in [0.1, 0.15) is 16.1 Å². The van der Waals surface area contributed by atoms with Crippen LogP contribution in [-0.2, 0) is 13.1 Å². The molecule has 0 aliphatic rings. The van der Waals surface area contributed by atoms with E-state index in [-0.39, 0.29) is 0 Å². The molecule has 0 unspecified atom stereocenters. The first-order valence-corrected chi connectivity index (χ1v) is 7.29. The van der Waals surface area contributed by atoms with Gasteiger partial charge in [-0.2, -0.15) is 0 Å². The van der Waals surface area contributed by atoms with Crippen molar-refractivity contribution in [3.63, 3.8) is 0 Å². The highest BCUT2D eigenvalue weighted by molar-refractivity contribution is 7.09. The normalized spacial score (nSPS) is 11.0. The van der Waals surface area contributed by atoms with E-state index in [0.717, 1.165) is 24.3 Å². The second-order valence-electron chi connectivity index (χ2n) is 4.62. The van der Waals surface area contributed by atoms with Crippen molar-refractivity contribution in [2.45, 2.75) is 20.0 Å². The van der Waals surface area contributed by atoms with E-state index in [1.54, 1.807) is 11.3 Å². The van der Waals surface area contributed by atoms with E-state index in [0.29, 0.717) is 0 Å². The third-order valence-corrected chi connectivity index (χ3v) is 4.00. The maximum atomic E-state index is 4.57. The van der Waals surface area contributed by atoms with Crippen LogP contribution in [0.3, 0.4) is 0 Å². The van der Waals surface area contributed by atoms with Gasteiger partial charge in [0.2, 0.25) is 0 Å². The molecule has 1 aromatic carbocycles.